The second-order valence-corrected chi connectivity index (χ2v) is 6.09. The predicted molar refractivity (Wildman–Crippen MR) is 73.6 cm³/mol. The first kappa shape index (κ1) is 13.8. The monoisotopic (exact) mass is 345 g/mol. The number of nitrogen functional groups attached to an aromatic ring is 1. The van der Waals surface area contributed by atoms with Gasteiger partial charge in [-0.2, -0.15) is 0 Å². The van der Waals surface area contributed by atoms with Gasteiger partial charge in [-0.25, -0.2) is 17.8 Å². The summed E-state index contributed by atoms with van der Waals surface area (Å²) >= 11 is 3.13. The maximum atomic E-state index is 13.3. The van der Waals surface area contributed by atoms with Crippen molar-refractivity contribution >= 4 is 37.3 Å². The first-order chi connectivity index (χ1) is 8.90. The molecule has 0 saturated carbocycles. The summed E-state index contributed by atoms with van der Waals surface area (Å²) < 4.78 is 40.2. The van der Waals surface area contributed by atoms with Gasteiger partial charge in [-0.1, -0.05) is 6.07 Å². The van der Waals surface area contributed by atoms with Crippen LogP contribution in [0.4, 0.5) is 15.8 Å². The number of benzene rings is 1. The quantitative estimate of drug-likeness (QED) is 0.660. The smallest absolute Gasteiger partial charge is 0.264 e. The molecule has 2 aromatic rings. The molecule has 5 nitrogen and oxygen atoms in total. The molecule has 1 aromatic carbocycles. The molecule has 2 rings (SSSR count). The summed E-state index contributed by atoms with van der Waals surface area (Å²) in [5.74, 6) is -0.781. The highest BCUT2D eigenvalue weighted by atomic mass is 79.9. The molecule has 0 amide bonds. The summed E-state index contributed by atoms with van der Waals surface area (Å²) in [6.07, 6.45) is 1.33. The van der Waals surface area contributed by atoms with Gasteiger partial charge in [0.1, 0.15) is 15.3 Å². The number of nitrogens with two attached hydrogens (primary N) is 1. The van der Waals surface area contributed by atoms with Crippen molar-refractivity contribution in [3.05, 3.63) is 46.9 Å². The van der Waals surface area contributed by atoms with Gasteiger partial charge in [-0.15, -0.1) is 0 Å². The number of sulfonamides is 1. The molecular weight excluding hydrogens is 337 g/mol. The van der Waals surface area contributed by atoms with Crippen molar-refractivity contribution < 1.29 is 12.8 Å². The topological polar surface area (TPSA) is 85.1 Å². The van der Waals surface area contributed by atoms with E-state index in [1.165, 1.54) is 24.4 Å². The fourth-order valence-electron chi connectivity index (χ4n) is 1.40. The van der Waals surface area contributed by atoms with Crippen LogP contribution in [0.3, 0.4) is 0 Å². The second-order valence-electron chi connectivity index (χ2n) is 3.63. The molecule has 0 aliphatic rings. The molecule has 0 saturated heterocycles. The van der Waals surface area contributed by atoms with Crippen molar-refractivity contribution in [3.63, 3.8) is 0 Å². The molecule has 0 fully saturated rings. The lowest BCUT2D eigenvalue weighted by Gasteiger charge is -2.10. The van der Waals surface area contributed by atoms with Crippen LogP contribution in [0.1, 0.15) is 0 Å². The lowest BCUT2D eigenvalue weighted by atomic mass is 10.3. The van der Waals surface area contributed by atoms with Crippen molar-refractivity contribution in [2.24, 2.45) is 0 Å². The molecule has 0 radical (unpaired) electrons. The van der Waals surface area contributed by atoms with E-state index >= 15 is 0 Å². The third-order valence-electron chi connectivity index (χ3n) is 2.28. The van der Waals surface area contributed by atoms with Gasteiger partial charge in [0.25, 0.3) is 10.0 Å². The maximum Gasteiger partial charge on any atom is 0.264 e. The number of para-hydroxylation sites is 1. The fraction of sp³-hybridized carbons (Fsp3) is 0. The molecule has 0 bridgehead atoms. The van der Waals surface area contributed by atoms with Crippen LogP contribution < -0.4 is 10.5 Å². The van der Waals surface area contributed by atoms with E-state index in [-0.39, 0.29) is 10.6 Å². The van der Waals surface area contributed by atoms with Crippen LogP contribution in [0.2, 0.25) is 0 Å². The Morgan fingerprint density at radius 2 is 2.00 bits per heavy atom. The third-order valence-corrected chi connectivity index (χ3v) is 4.19. The molecule has 0 aliphatic carbocycles. The van der Waals surface area contributed by atoms with Gasteiger partial charge in [0.2, 0.25) is 0 Å². The molecule has 0 spiro atoms. The van der Waals surface area contributed by atoms with Crippen molar-refractivity contribution in [2.75, 3.05) is 10.5 Å². The van der Waals surface area contributed by atoms with Gasteiger partial charge in [-0.3, -0.25) is 4.72 Å². The third kappa shape index (κ3) is 3.02. The molecule has 0 atom stereocenters. The number of hydrogen-bond donors (Lipinski definition) is 2. The Kier molecular flexibility index (Phi) is 3.72. The van der Waals surface area contributed by atoms with E-state index in [1.54, 1.807) is 6.07 Å². The zero-order valence-corrected chi connectivity index (χ0v) is 11.9. The van der Waals surface area contributed by atoms with E-state index in [0.29, 0.717) is 4.60 Å². The molecule has 0 unspecified atom stereocenters. The van der Waals surface area contributed by atoms with E-state index < -0.39 is 21.5 Å². The standard InChI is InChI=1S/C11H9BrFN3O2S/c12-10-5-4-7(6-15-10)16-19(17,18)9-3-1-2-8(13)11(9)14/h1-6,16H,14H2. The Bertz CT molecular complexity index is 704. The van der Waals surface area contributed by atoms with Gasteiger partial charge in [0, 0.05) is 0 Å². The lowest BCUT2D eigenvalue weighted by molar-refractivity contribution is 0.597. The summed E-state index contributed by atoms with van der Waals surface area (Å²) in [6.45, 7) is 0. The van der Waals surface area contributed by atoms with Crippen LogP contribution in [0.5, 0.6) is 0 Å². The highest BCUT2D eigenvalue weighted by molar-refractivity contribution is 9.10. The number of aromatic nitrogens is 1. The molecule has 19 heavy (non-hydrogen) atoms. The summed E-state index contributed by atoms with van der Waals surface area (Å²) in [4.78, 5) is 3.57. The van der Waals surface area contributed by atoms with Gasteiger partial charge >= 0.3 is 0 Å². The predicted octanol–water partition coefficient (Wildman–Crippen LogP) is 2.37. The lowest BCUT2D eigenvalue weighted by Crippen LogP contribution is -2.15. The number of hydrogen-bond acceptors (Lipinski definition) is 4. The van der Waals surface area contributed by atoms with Crippen molar-refractivity contribution in [2.45, 2.75) is 4.90 Å². The largest absolute Gasteiger partial charge is 0.395 e. The number of halogens is 2. The Morgan fingerprint density at radius 1 is 1.26 bits per heavy atom. The van der Waals surface area contributed by atoms with Crippen molar-refractivity contribution in [1.82, 2.24) is 4.98 Å². The van der Waals surface area contributed by atoms with Crippen LogP contribution in [-0.4, -0.2) is 13.4 Å². The van der Waals surface area contributed by atoms with Crippen LogP contribution in [0.15, 0.2) is 46.0 Å². The molecule has 100 valence electrons. The zero-order valence-electron chi connectivity index (χ0n) is 9.47. The van der Waals surface area contributed by atoms with Gasteiger partial charge in [0.15, 0.2) is 0 Å². The van der Waals surface area contributed by atoms with Crippen LogP contribution in [0, 0.1) is 5.82 Å². The first-order valence-corrected chi connectivity index (χ1v) is 7.36. The second kappa shape index (κ2) is 5.14. The van der Waals surface area contributed by atoms with E-state index in [9.17, 15) is 12.8 Å². The van der Waals surface area contributed by atoms with Crippen LogP contribution in [0.25, 0.3) is 0 Å². The van der Waals surface area contributed by atoms with Crippen LogP contribution in [-0.2, 0) is 10.0 Å². The van der Waals surface area contributed by atoms with E-state index in [2.05, 4.69) is 25.6 Å². The summed E-state index contributed by atoms with van der Waals surface area (Å²) in [6, 6.07) is 6.69. The average molecular weight is 346 g/mol. The van der Waals surface area contributed by atoms with Gasteiger partial charge < -0.3 is 5.73 Å². The number of anilines is 2. The molecule has 1 aromatic heterocycles. The highest BCUT2D eigenvalue weighted by Crippen LogP contribution is 2.23. The summed E-state index contributed by atoms with van der Waals surface area (Å²) in [5.41, 5.74) is 5.27. The number of rotatable bonds is 3. The van der Waals surface area contributed by atoms with E-state index in [4.69, 9.17) is 5.73 Å². The molecule has 8 heteroatoms. The fourth-order valence-corrected chi connectivity index (χ4v) is 2.82. The molecule has 1 heterocycles. The van der Waals surface area contributed by atoms with Crippen molar-refractivity contribution in [3.8, 4) is 0 Å². The summed E-state index contributed by atoms with van der Waals surface area (Å²) in [7, 11) is -3.95. The maximum absolute atomic E-state index is 13.3. The number of pyridine rings is 1. The Balaban J connectivity index is 2.38. The first-order valence-electron chi connectivity index (χ1n) is 5.08. The highest BCUT2D eigenvalue weighted by Gasteiger charge is 2.19. The van der Waals surface area contributed by atoms with Gasteiger partial charge in [-0.05, 0) is 40.2 Å². The van der Waals surface area contributed by atoms with E-state index in [1.807, 2.05) is 0 Å². The molecule has 0 aliphatic heterocycles. The molecule has 3 N–H and O–H groups in total. The minimum absolute atomic E-state index is 0.256. The Morgan fingerprint density at radius 3 is 2.63 bits per heavy atom. The average Bonchev–Trinajstić information content (AvgIpc) is 2.35. The van der Waals surface area contributed by atoms with Gasteiger partial charge in [0.05, 0.1) is 17.6 Å². The minimum Gasteiger partial charge on any atom is -0.395 e. The van der Waals surface area contributed by atoms with Crippen molar-refractivity contribution in [1.29, 1.82) is 0 Å². The normalized spacial score (nSPS) is 11.3. The summed E-state index contributed by atoms with van der Waals surface area (Å²) in [5, 5.41) is 0. The number of nitrogens with one attached hydrogen (secondary N) is 1. The SMILES string of the molecule is Nc1c(F)cccc1S(=O)(=O)Nc1ccc(Br)nc1. The van der Waals surface area contributed by atoms with Crippen LogP contribution >= 0.6 is 15.9 Å². The zero-order chi connectivity index (χ0) is 14.0. The number of nitrogens with zero attached hydrogens (tertiary/aromatic N) is 1. The minimum atomic E-state index is -3.95. The molecular formula is C11H9BrFN3O2S. The Labute approximate surface area is 117 Å². The Hall–Kier alpha value is -1.67. The van der Waals surface area contributed by atoms with E-state index in [0.717, 1.165) is 6.07 Å².